The van der Waals surface area contributed by atoms with Crippen LogP contribution in [0.1, 0.15) is 18.1 Å². The topological polar surface area (TPSA) is 29.5 Å². The Morgan fingerprint density at radius 2 is 2.14 bits per heavy atom. The summed E-state index contributed by atoms with van der Waals surface area (Å²) in [4.78, 5) is 0. The fourth-order valence-electron chi connectivity index (χ4n) is 1.46. The van der Waals surface area contributed by atoms with E-state index in [9.17, 15) is 0 Å². The molecule has 1 aromatic carbocycles. The van der Waals surface area contributed by atoms with Crippen molar-refractivity contribution in [2.24, 2.45) is 0 Å². The van der Waals surface area contributed by atoms with Crippen molar-refractivity contribution in [2.45, 2.75) is 19.8 Å². The number of aliphatic hydroxyl groups excluding tert-OH is 1. The summed E-state index contributed by atoms with van der Waals surface area (Å²) in [7, 11) is 1.67. The van der Waals surface area contributed by atoms with E-state index in [1.54, 1.807) is 7.11 Å². The van der Waals surface area contributed by atoms with Gasteiger partial charge in [0.1, 0.15) is 5.75 Å². The number of hydrogen-bond acceptors (Lipinski definition) is 2. The first-order chi connectivity index (χ1) is 6.72. The number of ether oxygens (including phenoxy) is 1. The van der Waals surface area contributed by atoms with Gasteiger partial charge in [-0.1, -0.05) is 22.9 Å². The summed E-state index contributed by atoms with van der Waals surface area (Å²) in [6.07, 6.45) is 1.60. The Morgan fingerprint density at radius 1 is 1.43 bits per heavy atom. The molecule has 0 fully saturated rings. The van der Waals surface area contributed by atoms with Crippen LogP contribution in [0.3, 0.4) is 0 Å². The van der Waals surface area contributed by atoms with E-state index in [1.807, 2.05) is 12.1 Å². The molecule has 0 aliphatic heterocycles. The normalized spacial score (nSPS) is 10.3. The van der Waals surface area contributed by atoms with Crippen LogP contribution in [0, 0.1) is 0 Å². The molecule has 0 saturated heterocycles. The summed E-state index contributed by atoms with van der Waals surface area (Å²) in [6.45, 7) is 2.26. The minimum absolute atomic E-state index is 0.168. The summed E-state index contributed by atoms with van der Waals surface area (Å²) in [5, 5.41) is 8.84. The molecule has 0 atom stereocenters. The lowest BCUT2D eigenvalue weighted by atomic mass is 10.1. The van der Waals surface area contributed by atoms with Crippen molar-refractivity contribution in [3.05, 3.63) is 27.7 Å². The Kier molecular flexibility index (Phi) is 4.42. The van der Waals surface area contributed by atoms with Gasteiger partial charge in [-0.3, -0.25) is 0 Å². The Bertz CT molecular complexity index is 310. The highest BCUT2D eigenvalue weighted by Gasteiger charge is 2.07. The highest BCUT2D eigenvalue weighted by Crippen LogP contribution is 2.29. The Balaban J connectivity index is 3.10. The van der Waals surface area contributed by atoms with E-state index >= 15 is 0 Å². The van der Waals surface area contributed by atoms with Gasteiger partial charge in [0.2, 0.25) is 0 Å². The number of hydrogen-bond donors (Lipinski definition) is 1. The van der Waals surface area contributed by atoms with E-state index in [2.05, 4.69) is 22.9 Å². The standard InChI is InChI=1S/C11H15BrO2/c1-3-9-10(12)6-8(4-5-13)7-11(9)14-2/h6-7,13H,3-5H2,1-2H3. The van der Waals surface area contributed by atoms with Gasteiger partial charge in [0.25, 0.3) is 0 Å². The highest BCUT2D eigenvalue weighted by atomic mass is 79.9. The van der Waals surface area contributed by atoms with Crippen LogP contribution < -0.4 is 4.74 Å². The summed E-state index contributed by atoms with van der Waals surface area (Å²) in [5.41, 5.74) is 2.27. The quantitative estimate of drug-likeness (QED) is 0.900. The molecule has 0 heterocycles. The monoisotopic (exact) mass is 258 g/mol. The maximum Gasteiger partial charge on any atom is 0.123 e. The molecule has 0 saturated carbocycles. The molecule has 0 aliphatic rings. The van der Waals surface area contributed by atoms with Gasteiger partial charge in [-0.15, -0.1) is 0 Å². The molecule has 78 valence electrons. The second kappa shape index (κ2) is 5.37. The third kappa shape index (κ3) is 2.49. The SMILES string of the molecule is CCc1c(Br)cc(CCO)cc1OC. The molecule has 3 heteroatoms. The maximum absolute atomic E-state index is 8.84. The molecule has 0 spiro atoms. The fraction of sp³-hybridized carbons (Fsp3) is 0.455. The Morgan fingerprint density at radius 3 is 2.64 bits per heavy atom. The molecular formula is C11H15BrO2. The van der Waals surface area contributed by atoms with Crippen LogP contribution >= 0.6 is 15.9 Å². The van der Waals surface area contributed by atoms with Crippen molar-refractivity contribution in [3.63, 3.8) is 0 Å². The largest absolute Gasteiger partial charge is 0.496 e. The summed E-state index contributed by atoms with van der Waals surface area (Å²) in [6, 6.07) is 4.03. The van der Waals surface area contributed by atoms with Gasteiger partial charge >= 0.3 is 0 Å². The average Bonchev–Trinajstić information content (AvgIpc) is 2.17. The minimum Gasteiger partial charge on any atom is -0.496 e. The molecule has 0 radical (unpaired) electrons. The van der Waals surface area contributed by atoms with Gasteiger partial charge in [0.15, 0.2) is 0 Å². The van der Waals surface area contributed by atoms with Crippen LogP contribution in [0.4, 0.5) is 0 Å². The van der Waals surface area contributed by atoms with Crippen LogP contribution in [0.5, 0.6) is 5.75 Å². The Hall–Kier alpha value is -0.540. The van der Waals surface area contributed by atoms with Crippen LogP contribution in [0.2, 0.25) is 0 Å². The molecule has 1 aromatic rings. The molecule has 0 aliphatic carbocycles. The van der Waals surface area contributed by atoms with E-state index in [-0.39, 0.29) is 6.61 Å². The number of aliphatic hydroxyl groups is 1. The van der Waals surface area contributed by atoms with Crippen molar-refractivity contribution < 1.29 is 9.84 Å². The van der Waals surface area contributed by atoms with Gasteiger partial charge in [-0.2, -0.15) is 0 Å². The lowest BCUT2D eigenvalue weighted by molar-refractivity contribution is 0.299. The number of methoxy groups -OCH3 is 1. The van der Waals surface area contributed by atoms with E-state index in [0.717, 1.165) is 22.2 Å². The lowest BCUT2D eigenvalue weighted by Crippen LogP contribution is -1.97. The van der Waals surface area contributed by atoms with Crippen LogP contribution in [0.25, 0.3) is 0 Å². The molecule has 14 heavy (non-hydrogen) atoms. The molecular weight excluding hydrogens is 244 g/mol. The van der Waals surface area contributed by atoms with Crippen molar-refractivity contribution in [3.8, 4) is 5.75 Å². The van der Waals surface area contributed by atoms with Crippen molar-refractivity contribution >= 4 is 15.9 Å². The van der Waals surface area contributed by atoms with E-state index in [0.29, 0.717) is 6.42 Å². The molecule has 0 aromatic heterocycles. The van der Waals surface area contributed by atoms with Crippen molar-refractivity contribution in [1.29, 1.82) is 0 Å². The highest BCUT2D eigenvalue weighted by molar-refractivity contribution is 9.10. The number of rotatable bonds is 4. The van der Waals surface area contributed by atoms with E-state index in [1.165, 1.54) is 5.56 Å². The maximum atomic E-state index is 8.84. The van der Waals surface area contributed by atoms with Crippen LogP contribution in [-0.4, -0.2) is 18.8 Å². The second-order valence-corrected chi connectivity index (χ2v) is 3.94. The summed E-state index contributed by atoms with van der Waals surface area (Å²) >= 11 is 3.51. The lowest BCUT2D eigenvalue weighted by Gasteiger charge is -2.11. The average molecular weight is 259 g/mol. The van der Waals surface area contributed by atoms with Gasteiger partial charge in [-0.05, 0) is 30.5 Å². The summed E-state index contributed by atoms with van der Waals surface area (Å²) in [5.74, 6) is 0.894. The Labute approximate surface area is 93.0 Å². The third-order valence-electron chi connectivity index (χ3n) is 2.19. The van der Waals surface area contributed by atoms with Gasteiger partial charge in [0, 0.05) is 16.6 Å². The first-order valence-corrected chi connectivity index (χ1v) is 5.48. The second-order valence-electron chi connectivity index (χ2n) is 3.09. The van der Waals surface area contributed by atoms with Gasteiger partial charge in [-0.25, -0.2) is 0 Å². The number of benzene rings is 1. The predicted molar refractivity (Wildman–Crippen MR) is 60.9 cm³/mol. The molecule has 0 bridgehead atoms. The minimum atomic E-state index is 0.168. The van der Waals surface area contributed by atoms with E-state index in [4.69, 9.17) is 9.84 Å². The molecule has 1 N–H and O–H groups in total. The molecule has 0 amide bonds. The van der Waals surface area contributed by atoms with Gasteiger partial charge < -0.3 is 9.84 Å². The zero-order valence-electron chi connectivity index (χ0n) is 8.51. The smallest absolute Gasteiger partial charge is 0.123 e. The third-order valence-corrected chi connectivity index (χ3v) is 2.90. The molecule has 2 nitrogen and oxygen atoms in total. The molecule has 1 rings (SSSR count). The van der Waals surface area contributed by atoms with Gasteiger partial charge in [0.05, 0.1) is 7.11 Å². The van der Waals surface area contributed by atoms with Crippen LogP contribution in [0.15, 0.2) is 16.6 Å². The summed E-state index contributed by atoms with van der Waals surface area (Å²) < 4.78 is 6.35. The predicted octanol–water partition coefficient (Wildman–Crippen LogP) is 2.55. The fourth-order valence-corrected chi connectivity index (χ4v) is 2.23. The number of halogens is 1. The van der Waals surface area contributed by atoms with Crippen LogP contribution in [-0.2, 0) is 12.8 Å². The van der Waals surface area contributed by atoms with Crippen molar-refractivity contribution in [2.75, 3.05) is 13.7 Å². The van der Waals surface area contributed by atoms with Crippen molar-refractivity contribution in [1.82, 2.24) is 0 Å². The zero-order chi connectivity index (χ0) is 10.6. The van der Waals surface area contributed by atoms with E-state index < -0.39 is 0 Å². The first-order valence-electron chi connectivity index (χ1n) is 4.69. The molecule has 0 unspecified atom stereocenters. The first kappa shape index (κ1) is 11.5. The zero-order valence-corrected chi connectivity index (χ0v) is 10.1.